The predicted octanol–water partition coefficient (Wildman–Crippen LogP) is 4.19. The van der Waals surface area contributed by atoms with Gasteiger partial charge in [-0.15, -0.1) is 0 Å². The minimum atomic E-state index is -4.46. The van der Waals surface area contributed by atoms with Crippen molar-refractivity contribution in [1.29, 1.82) is 0 Å². The fraction of sp³-hybridized carbons (Fsp3) is 0.333. The third kappa shape index (κ3) is 5.28. The second-order valence-corrected chi connectivity index (χ2v) is 6.81. The number of hydrogen-bond donors (Lipinski definition) is 0. The molecule has 0 saturated carbocycles. The number of hydrogen-bond acceptors (Lipinski definition) is 3. The minimum absolute atomic E-state index is 0.0178. The summed E-state index contributed by atoms with van der Waals surface area (Å²) in [7, 11) is 0. The monoisotopic (exact) mass is 406 g/mol. The van der Waals surface area contributed by atoms with Gasteiger partial charge in [-0.1, -0.05) is 12.1 Å². The summed E-state index contributed by atoms with van der Waals surface area (Å²) in [6.07, 6.45) is -3.77. The Morgan fingerprint density at radius 3 is 2.21 bits per heavy atom. The van der Waals surface area contributed by atoms with Crippen LogP contribution < -0.4 is 4.74 Å². The lowest BCUT2D eigenvalue weighted by Gasteiger charge is -2.21. The molecule has 0 radical (unpaired) electrons. The number of alkyl halides is 3. The summed E-state index contributed by atoms with van der Waals surface area (Å²) in [5, 5.41) is 0. The molecule has 2 amide bonds. The van der Waals surface area contributed by atoms with Crippen LogP contribution in [0.4, 0.5) is 13.2 Å². The normalized spacial score (nSPS) is 15.0. The zero-order valence-corrected chi connectivity index (χ0v) is 15.9. The molecule has 0 aromatic heterocycles. The lowest BCUT2D eigenvalue weighted by atomic mass is 10.1. The van der Waals surface area contributed by atoms with E-state index in [0.29, 0.717) is 38.2 Å². The van der Waals surface area contributed by atoms with Gasteiger partial charge in [0.2, 0.25) is 5.91 Å². The second kappa shape index (κ2) is 8.55. The van der Waals surface area contributed by atoms with Crippen LogP contribution in [-0.2, 0) is 11.0 Å². The van der Waals surface area contributed by atoms with Crippen molar-refractivity contribution in [3.05, 3.63) is 59.7 Å². The molecule has 0 bridgehead atoms. The maximum atomic E-state index is 12.9. The molecular weight excluding hydrogens is 385 g/mol. The molecule has 0 N–H and O–H groups in total. The average molecular weight is 406 g/mol. The van der Waals surface area contributed by atoms with Gasteiger partial charge in [0.1, 0.15) is 11.5 Å². The van der Waals surface area contributed by atoms with Crippen LogP contribution in [0.1, 0.15) is 29.3 Å². The van der Waals surface area contributed by atoms with Gasteiger partial charge in [-0.05, 0) is 42.8 Å². The molecule has 2 aromatic carbocycles. The molecular formula is C21H21F3N2O3. The van der Waals surface area contributed by atoms with Crippen LogP contribution in [-0.4, -0.2) is 47.8 Å². The quantitative estimate of drug-likeness (QED) is 0.768. The third-order valence-corrected chi connectivity index (χ3v) is 4.71. The highest BCUT2D eigenvalue weighted by Crippen LogP contribution is 2.32. The van der Waals surface area contributed by atoms with Crippen LogP contribution in [0.3, 0.4) is 0 Å². The molecule has 1 saturated heterocycles. The van der Waals surface area contributed by atoms with E-state index in [-0.39, 0.29) is 23.3 Å². The largest absolute Gasteiger partial charge is 0.457 e. The number of nitrogens with zero attached hydrogens (tertiary/aromatic N) is 2. The molecule has 0 spiro atoms. The molecule has 1 heterocycles. The smallest absolute Gasteiger partial charge is 0.416 e. The Kier molecular flexibility index (Phi) is 6.10. The standard InChI is InChI=1S/C21H21F3N2O3/c1-15(27)25-9-4-10-26(12-11-25)20(28)16-5-2-7-18(13-16)29-19-8-3-6-17(14-19)21(22,23)24/h2-3,5-8,13-14H,4,9-12H2,1H3. The molecule has 3 rings (SSSR count). The van der Waals surface area contributed by atoms with Crippen LogP contribution in [0.2, 0.25) is 0 Å². The number of ether oxygens (including phenoxy) is 1. The summed E-state index contributed by atoms with van der Waals surface area (Å²) in [6, 6.07) is 10.9. The zero-order valence-electron chi connectivity index (χ0n) is 15.9. The molecule has 5 nitrogen and oxygen atoms in total. The highest BCUT2D eigenvalue weighted by atomic mass is 19.4. The number of carbonyl (C=O) groups is 2. The average Bonchev–Trinajstić information content (AvgIpc) is 2.93. The van der Waals surface area contributed by atoms with Gasteiger partial charge in [0, 0.05) is 38.7 Å². The molecule has 1 aliphatic rings. The topological polar surface area (TPSA) is 49.9 Å². The van der Waals surface area contributed by atoms with Crippen molar-refractivity contribution in [2.24, 2.45) is 0 Å². The van der Waals surface area contributed by atoms with E-state index in [1.807, 2.05) is 0 Å². The molecule has 0 atom stereocenters. The van der Waals surface area contributed by atoms with Gasteiger partial charge in [0.05, 0.1) is 5.56 Å². The van der Waals surface area contributed by atoms with E-state index >= 15 is 0 Å². The van der Waals surface area contributed by atoms with E-state index in [4.69, 9.17) is 4.74 Å². The number of amides is 2. The Labute approximate surface area is 166 Å². The van der Waals surface area contributed by atoms with E-state index in [1.165, 1.54) is 25.1 Å². The molecule has 2 aromatic rings. The van der Waals surface area contributed by atoms with Crippen molar-refractivity contribution in [2.45, 2.75) is 19.5 Å². The van der Waals surface area contributed by atoms with E-state index in [2.05, 4.69) is 0 Å². The van der Waals surface area contributed by atoms with Crippen LogP contribution in [0.25, 0.3) is 0 Å². The summed E-state index contributed by atoms with van der Waals surface area (Å²) in [5.41, 5.74) is -0.424. The Morgan fingerprint density at radius 2 is 1.52 bits per heavy atom. The first-order valence-corrected chi connectivity index (χ1v) is 9.24. The van der Waals surface area contributed by atoms with Crippen LogP contribution >= 0.6 is 0 Å². The van der Waals surface area contributed by atoms with Gasteiger partial charge < -0.3 is 14.5 Å². The first-order valence-electron chi connectivity index (χ1n) is 9.24. The van der Waals surface area contributed by atoms with E-state index in [0.717, 1.165) is 12.1 Å². The summed E-state index contributed by atoms with van der Waals surface area (Å²) < 4.78 is 44.1. The van der Waals surface area contributed by atoms with Gasteiger partial charge >= 0.3 is 6.18 Å². The molecule has 1 aliphatic heterocycles. The Morgan fingerprint density at radius 1 is 0.897 bits per heavy atom. The number of carbonyl (C=O) groups excluding carboxylic acids is 2. The number of halogens is 3. The van der Waals surface area contributed by atoms with E-state index in [1.54, 1.807) is 28.0 Å². The molecule has 0 aliphatic carbocycles. The molecule has 154 valence electrons. The lowest BCUT2D eigenvalue weighted by Crippen LogP contribution is -2.36. The van der Waals surface area contributed by atoms with Crippen molar-refractivity contribution < 1.29 is 27.5 Å². The number of benzene rings is 2. The molecule has 1 fully saturated rings. The first kappa shape index (κ1) is 20.7. The number of rotatable bonds is 3. The molecule has 8 heteroatoms. The van der Waals surface area contributed by atoms with Crippen molar-refractivity contribution in [3.63, 3.8) is 0 Å². The predicted molar refractivity (Wildman–Crippen MR) is 101 cm³/mol. The van der Waals surface area contributed by atoms with Gasteiger partial charge in [-0.2, -0.15) is 13.2 Å². The van der Waals surface area contributed by atoms with E-state index < -0.39 is 11.7 Å². The Balaban J connectivity index is 1.72. The Hall–Kier alpha value is -3.03. The SMILES string of the molecule is CC(=O)N1CCCN(C(=O)c2cccc(Oc3cccc(C(F)(F)F)c3)c2)CC1. The van der Waals surface area contributed by atoms with E-state index in [9.17, 15) is 22.8 Å². The van der Waals surface area contributed by atoms with Crippen LogP contribution in [0, 0.1) is 0 Å². The zero-order chi connectivity index (χ0) is 21.0. The van der Waals surface area contributed by atoms with Gasteiger partial charge in [0.25, 0.3) is 5.91 Å². The first-order chi connectivity index (χ1) is 13.7. The van der Waals surface area contributed by atoms with Crippen molar-refractivity contribution in [1.82, 2.24) is 9.80 Å². The van der Waals surface area contributed by atoms with Crippen LogP contribution in [0.5, 0.6) is 11.5 Å². The highest BCUT2D eigenvalue weighted by Gasteiger charge is 2.30. The maximum absolute atomic E-state index is 12.9. The summed E-state index contributed by atoms with van der Waals surface area (Å²) in [6.45, 7) is 3.55. The summed E-state index contributed by atoms with van der Waals surface area (Å²) in [4.78, 5) is 27.8. The minimum Gasteiger partial charge on any atom is -0.457 e. The van der Waals surface area contributed by atoms with Gasteiger partial charge in [0.15, 0.2) is 0 Å². The second-order valence-electron chi connectivity index (χ2n) is 6.81. The summed E-state index contributed by atoms with van der Waals surface area (Å²) >= 11 is 0. The lowest BCUT2D eigenvalue weighted by molar-refractivity contribution is -0.137. The maximum Gasteiger partial charge on any atom is 0.416 e. The van der Waals surface area contributed by atoms with Crippen molar-refractivity contribution >= 4 is 11.8 Å². The van der Waals surface area contributed by atoms with Gasteiger partial charge in [-0.3, -0.25) is 9.59 Å². The highest BCUT2D eigenvalue weighted by molar-refractivity contribution is 5.94. The molecule has 29 heavy (non-hydrogen) atoms. The van der Waals surface area contributed by atoms with Crippen molar-refractivity contribution in [3.8, 4) is 11.5 Å². The fourth-order valence-corrected chi connectivity index (χ4v) is 3.18. The van der Waals surface area contributed by atoms with Crippen LogP contribution in [0.15, 0.2) is 48.5 Å². The molecule has 0 unspecified atom stereocenters. The fourth-order valence-electron chi connectivity index (χ4n) is 3.18. The Bertz CT molecular complexity index is 899. The summed E-state index contributed by atoms with van der Waals surface area (Å²) in [5.74, 6) is 0.0901. The van der Waals surface area contributed by atoms with Gasteiger partial charge in [-0.25, -0.2) is 0 Å². The third-order valence-electron chi connectivity index (χ3n) is 4.71. The van der Waals surface area contributed by atoms with Crippen molar-refractivity contribution in [2.75, 3.05) is 26.2 Å².